The van der Waals surface area contributed by atoms with Crippen molar-refractivity contribution in [3.05, 3.63) is 66.8 Å². The van der Waals surface area contributed by atoms with E-state index in [4.69, 9.17) is 5.11 Å². The summed E-state index contributed by atoms with van der Waals surface area (Å²) in [6.07, 6.45) is 0. The number of alkyl halides is 1. The van der Waals surface area contributed by atoms with Crippen LogP contribution in [0.1, 0.15) is 20.7 Å². The SMILES string of the molecule is O=C(CBr)c1cccc(I)c1.O=C(O)c1cccc(I)c1. The third kappa shape index (κ3) is 6.88. The fourth-order valence-corrected chi connectivity index (χ4v) is 2.77. The Morgan fingerprint density at radius 3 is 1.81 bits per heavy atom. The van der Waals surface area contributed by atoms with Crippen molar-refractivity contribution >= 4 is 72.9 Å². The molecular formula is C15H11BrI2O3. The number of Topliss-reactive ketones (excluding diaryl/α,β-unsaturated/α-hetero) is 1. The Morgan fingerprint density at radius 1 is 0.952 bits per heavy atom. The smallest absolute Gasteiger partial charge is 0.335 e. The monoisotopic (exact) mass is 572 g/mol. The second-order valence-electron chi connectivity index (χ2n) is 3.88. The number of hydrogen-bond acceptors (Lipinski definition) is 2. The summed E-state index contributed by atoms with van der Waals surface area (Å²) in [4.78, 5) is 21.5. The van der Waals surface area contributed by atoms with Gasteiger partial charge in [-0.25, -0.2) is 4.79 Å². The van der Waals surface area contributed by atoms with Gasteiger partial charge in [-0.15, -0.1) is 0 Å². The van der Waals surface area contributed by atoms with Gasteiger partial charge in [0.2, 0.25) is 0 Å². The fourth-order valence-electron chi connectivity index (χ4n) is 1.36. The van der Waals surface area contributed by atoms with E-state index in [2.05, 4.69) is 61.1 Å². The van der Waals surface area contributed by atoms with Crippen molar-refractivity contribution in [3.63, 3.8) is 0 Å². The predicted octanol–water partition coefficient (Wildman–Crippen LogP) is 4.86. The molecule has 0 aliphatic heterocycles. The maximum Gasteiger partial charge on any atom is 0.335 e. The van der Waals surface area contributed by atoms with Gasteiger partial charge in [0, 0.05) is 12.7 Å². The minimum atomic E-state index is -0.876. The van der Waals surface area contributed by atoms with Crippen LogP contribution in [0.4, 0.5) is 0 Å². The first-order chi connectivity index (χ1) is 9.93. The van der Waals surface area contributed by atoms with E-state index in [1.165, 1.54) is 0 Å². The highest BCUT2D eigenvalue weighted by molar-refractivity contribution is 14.1. The molecule has 0 atom stereocenters. The number of aromatic carboxylic acids is 1. The lowest BCUT2D eigenvalue weighted by Gasteiger charge is -1.96. The van der Waals surface area contributed by atoms with E-state index in [0.717, 1.165) is 12.7 Å². The van der Waals surface area contributed by atoms with Gasteiger partial charge in [0.1, 0.15) is 0 Å². The summed E-state index contributed by atoms with van der Waals surface area (Å²) in [5, 5.41) is 8.90. The van der Waals surface area contributed by atoms with E-state index in [1.54, 1.807) is 18.2 Å². The summed E-state index contributed by atoms with van der Waals surface area (Å²) >= 11 is 7.39. The van der Waals surface area contributed by atoms with Gasteiger partial charge in [-0.2, -0.15) is 0 Å². The number of halogens is 3. The molecule has 1 N–H and O–H groups in total. The molecule has 0 saturated heterocycles. The molecule has 2 aromatic carbocycles. The summed E-state index contributed by atoms with van der Waals surface area (Å²) in [7, 11) is 0. The van der Waals surface area contributed by atoms with Crippen LogP contribution >= 0.6 is 61.1 Å². The molecule has 2 rings (SSSR count). The number of carboxylic acids is 1. The Bertz CT molecular complexity index is 644. The molecule has 2 aromatic rings. The van der Waals surface area contributed by atoms with Crippen LogP contribution < -0.4 is 0 Å². The maximum absolute atomic E-state index is 11.1. The van der Waals surface area contributed by atoms with Crippen molar-refractivity contribution in [1.29, 1.82) is 0 Å². The first-order valence-corrected chi connectivity index (χ1v) is 9.05. The molecule has 0 aliphatic rings. The Hall–Kier alpha value is -0.480. The van der Waals surface area contributed by atoms with Crippen LogP contribution in [0.15, 0.2) is 48.5 Å². The Kier molecular flexibility index (Phi) is 8.42. The van der Waals surface area contributed by atoms with Gasteiger partial charge in [0.05, 0.1) is 10.9 Å². The lowest BCUT2D eigenvalue weighted by Crippen LogP contribution is -1.99. The van der Waals surface area contributed by atoms with E-state index in [0.29, 0.717) is 10.9 Å². The first kappa shape index (κ1) is 18.6. The van der Waals surface area contributed by atoms with E-state index in [-0.39, 0.29) is 5.78 Å². The van der Waals surface area contributed by atoms with Crippen molar-refractivity contribution in [3.8, 4) is 0 Å². The molecule has 0 fully saturated rings. The van der Waals surface area contributed by atoms with Crippen LogP contribution in [-0.2, 0) is 0 Å². The van der Waals surface area contributed by atoms with Crippen LogP contribution in [0, 0.1) is 7.14 Å². The summed E-state index contributed by atoms with van der Waals surface area (Å²) in [6, 6.07) is 14.3. The number of carboxylic acid groups (broad SMARTS) is 1. The highest BCUT2D eigenvalue weighted by Gasteiger charge is 2.02. The largest absolute Gasteiger partial charge is 0.478 e. The van der Waals surface area contributed by atoms with Crippen molar-refractivity contribution in [2.45, 2.75) is 0 Å². The number of carbonyl (C=O) groups excluding carboxylic acids is 1. The second-order valence-corrected chi connectivity index (χ2v) is 6.93. The van der Waals surface area contributed by atoms with Gasteiger partial charge < -0.3 is 5.11 Å². The third-order valence-electron chi connectivity index (χ3n) is 2.34. The molecule has 0 heterocycles. The van der Waals surface area contributed by atoms with Gasteiger partial charge in [-0.3, -0.25) is 4.79 Å². The molecule has 0 aromatic heterocycles. The van der Waals surface area contributed by atoms with Crippen molar-refractivity contribution in [2.75, 3.05) is 5.33 Å². The van der Waals surface area contributed by atoms with Crippen LogP contribution in [-0.4, -0.2) is 22.2 Å². The molecule has 3 nitrogen and oxygen atoms in total. The maximum atomic E-state index is 11.1. The molecular weight excluding hydrogens is 562 g/mol. The minimum absolute atomic E-state index is 0.128. The van der Waals surface area contributed by atoms with E-state index in [9.17, 15) is 9.59 Å². The molecule has 0 spiro atoms. The lowest BCUT2D eigenvalue weighted by molar-refractivity contribution is 0.0696. The quantitative estimate of drug-likeness (QED) is 0.325. The molecule has 110 valence electrons. The third-order valence-corrected chi connectivity index (χ3v) is 4.19. The van der Waals surface area contributed by atoms with Gasteiger partial charge in [0.25, 0.3) is 0 Å². The van der Waals surface area contributed by atoms with Gasteiger partial charge >= 0.3 is 5.97 Å². The van der Waals surface area contributed by atoms with Crippen molar-refractivity contribution < 1.29 is 14.7 Å². The van der Waals surface area contributed by atoms with Crippen LogP contribution in [0.25, 0.3) is 0 Å². The van der Waals surface area contributed by atoms with Crippen LogP contribution in [0.3, 0.4) is 0 Å². The summed E-state index contributed by atoms with van der Waals surface area (Å²) in [5.74, 6) is -0.748. The zero-order valence-corrected chi connectivity index (χ0v) is 16.6. The first-order valence-electron chi connectivity index (χ1n) is 5.77. The fraction of sp³-hybridized carbons (Fsp3) is 0.0667. The Labute approximate surface area is 158 Å². The van der Waals surface area contributed by atoms with Gasteiger partial charge in [0.15, 0.2) is 5.78 Å². The summed E-state index contributed by atoms with van der Waals surface area (Å²) in [6.45, 7) is 0. The average Bonchev–Trinajstić information content (AvgIpc) is 2.47. The zero-order valence-electron chi connectivity index (χ0n) is 10.7. The van der Waals surface area contributed by atoms with Crippen LogP contribution in [0.5, 0.6) is 0 Å². The normalized spacial score (nSPS) is 9.48. The van der Waals surface area contributed by atoms with Crippen LogP contribution in [0.2, 0.25) is 0 Å². The highest BCUT2D eigenvalue weighted by Crippen LogP contribution is 2.09. The number of benzene rings is 2. The van der Waals surface area contributed by atoms with Crippen molar-refractivity contribution in [2.24, 2.45) is 0 Å². The van der Waals surface area contributed by atoms with Gasteiger partial charge in [-0.05, 0) is 75.5 Å². The van der Waals surface area contributed by atoms with E-state index < -0.39 is 5.97 Å². The second kappa shape index (κ2) is 9.52. The van der Waals surface area contributed by atoms with Crippen molar-refractivity contribution in [1.82, 2.24) is 0 Å². The topological polar surface area (TPSA) is 54.4 Å². The molecule has 0 radical (unpaired) electrons. The van der Waals surface area contributed by atoms with E-state index >= 15 is 0 Å². The number of rotatable bonds is 3. The minimum Gasteiger partial charge on any atom is -0.478 e. The van der Waals surface area contributed by atoms with E-state index in [1.807, 2.05) is 30.3 Å². The Morgan fingerprint density at radius 2 is 1.43 bits per heavy atom. The summed E-state index contributed by atoms with van der Waals surface area (Å²) < 4.78 is 2.03. The Balaban J connectivity index is 0.000000211. The van der Waals surface area contributed by atoms with Gasteiger partial charge in [-0.1, -0.05) is 34.1 Å². The molecule has 0 amide bonds. The lowest BCUT2D eigenvalue weighted by atomic mass is 10.2. The molecule has 0 unspecified atom stereocenters. The average molecular weight is 573 g/mol. The predicted molar refractivity (Wildman–Crippen MR) is 103 cm³/mol. The summed E-state index contributed by atoms with van der Waals surface area (Å²) in [5.41, 5.74) is 1.11. The zero-order chi connectivity index (χ0) is 15.8. The molecule has 21 heavy (non-hydrogen) atoms. The molecule has 6 heteroatoms. The number of carbonyl (C=O) groups is 2. The molecule has 0 saturated carbocycles. The highest BCUT2D eigenvalue weighted by atomic mass is 127. The number of ketones is 1. The molecule has 0 bridgehead atoms. The number of hydrogen-bond donors (Lipinski definition) is 1. The standard InChI is InChI=1S/C8H6BrIO.C7H5IO2/c9-5-8(11)6-2-1-3-7(10)4-6;8-6-3-1-2-5(4-6)7(9)10/h1-4H,5H2;1-4H,(H,9,10). The molecule has 0 aliphatic carbocycles.